The van der Waals surface area contributed by atoms with Crippen LogP contribution in [0.2, 0.25) is 0 Å². The Kier molecular flexibility index (Phi) is 6.00. The fourth-order valence-corrected chi connectivity index (χ4v) is 3.37. The summed E-state index contributed by atoms with van der Waals surface area (Å²) in [6, 6.07) is 22.0. The number of hydrogen-bond donors (Lipinski definition) is 1. The molecule has 0 saturated carbocycles. The van der Waals surface area contributed by atoms with Gasteiger partial charge in [0.1, 0.15) is 11.3 Å². The maximum absolute atomic E-state index is 12.9. The second-order valence-corrected chi connectivity index (χ2v) is 7.25. The van der Waals surface area contributed by atoms with Gasteiger partial charge in [0, 0.05) is 16.8 Å². The first-order valence-electron chi connectivity index (χ1n) is 10.1. The van der Waals surface area contributed by atoms with Crippen molar-refractivity contribution in [2.24, 2.45) is 0 Å². The number of carbonyl (C=O) groups is 2. The van der Waals surface area contributed by atoms with Crippen LogP contribution in [0.4, 0.5) is 5.69 Å². The van der Waals surface area contributed by atoms with E-state index in [0.29, 0.717) is 28.1 Å². The molecule has 0 bridgehead atoms. The van der Waals surface area contributed by atoms with Crippen molar-refractivity contribution in [3.63, 3.8) is 0 Å². The molecule has 1 N–H and O–H groups in total. The Morgan fingerprint density at radius 3 is 2.42 bits per heavy atom. The number of hydrogen-bond acceptors (Lipinski definition) is 6. The molecule has 4 rings (SSSR count). The van der Waals surface area contributed by atoms with Gasteiger partial charge in [0.2, 0.25) is 0 Å². The van der Waals surface area contributed by atoms with E-state index in [0.717, 1.165) is 0 Å². The Balaban J connectivity index is 1.58. The Bertz CT molecular complexity index is 1450. The Labute approximate surface area is 188 Å². The van der Waals surface area contributed by atoms with Crippen LogP contribution >= 0.6 is 0 Å². The van der Waals surface area contributed by atoms with Crippen molar-refractivity contribution in [3.8, 4) is 17.4 Å². The third-order valence-corrected chi connectivity index (χ3v) is 5.03. The molecule has 7 nitrogen and oxygen atoms in total. The van der Waals surface area contributed by atoms with E-state index in [4.69, 9.17) is 14.4 Å². The molecule has 0 aliphatic carbocycles. The first-order chi connectivity index (χ1) is 16.0. The van der Waals surface area contributed by atoms with Crippen LogP contribution in [0.15, 0.2) is 82.0 Å². The van der Waals surface area contributed by atoms with E-state index in [2.05, 4.69) is 5.32 Å². The molecule has 0 spiro atoms. The van der Waals surface area contributed by atoms with Gasteiger partial charge in [0.25, 0.3) is 5.91 Å². The minimum Gasteiger partial charge on any atom is -0.455 e. The zero-order valence-electron chi connectivity index (χ0n) is 17.6. The number of benzene rings is 3. The normalized spacial score (nSPS) is 10.4. The highest BCUT2D eigenvalue weighted by atomic mass is 16.5. The summed E-state index contributed by atoms with van der Waals surface area (Å²) in [5.41, 5.74) is 1.97. The zero-order valence-corrected chi connectivity index (χ0v) is 17.6. The molecule has 162 valence electrons. The minimum absolute atomic E-state index is 0.0490. The average molecular weight is 438 g/mol. The Hall–Kier alpha value is -4.70. The van der Waals surface area contributed by atoms with E-state index in [9.17, 15) is 14.4 Å². The molecule has 1 aromatic heterocycles. The number of nitrogens with one attached hydrogen (secondary N) is 1. The Morgan fingerprint density at radius 2 is 1.73 bits per heavy atom. The standard InChI is InChI=1S/C26H18N2O5/c1-16-23(30)20-8-5-9-21(25(20)33-24(16)18-6-3-2-4-7-18)26(31)32-15-22(29)28-19-12-10-17(14-27)11-13-19/h2-13H,15H2,1H3,(H,28,29). The van der Waals surface area contributed by atoms with Crippen LogP contribution in [0.3, 0.4) is 0 Å². The van der Waals surface area contributed by atoms with Crippen molar-refractivity contribution in [3.05, 3.63) is 99.7 Å². The van der Waals surface area contributed by atoms with Gasteiger partial charge >= 0.3 is 5.97 Å². The van der Waals surface area contributed by atoms with Crippen LogP contribution < -0.4 is 10.7 Å². The molecule has 0 aliphatic heterocycles. The highest BCUT2D eigenvalue weighted by molar-refractivity contribution is 6.03. The van der Waals surface area contributed by atoms with E-state index in [1.165, 1.54) is 6.07 Å². The van der Waals surface area contributed by atoms with Crippen LogP contribution in [0.5, 0.6) is 0 Å². The van der Waals surface area contributed by atoms with Gasteiger partial charge in [-0.2, -0.15) is 5.26 Å². The maximum Gasteiger partial charge on any atom is 0.342 e. The number of carbonyl (C=O) groups excluding carboxylic acids is 2. The summed E-state index contributed by atoms with van der Waals surface area (Å²) >= 11 is 0. The number of amides is 1. The van der Waals surface area contributed by atoms with E-state index < -0.39 is 18.5 Å². The first kappa shape index (κ1) is 21.5. The van der Waals surface area contributed by atoms with Crippen molar-refractivity contribution >= 4 is 28.5 Å². The summed E-state index contributed by atoms with van der Waals surface area (Å²) in [4.78, 5) is 37.8. The van der Waals surface area contributed by atoms with Gasteiger partial charge in [-0.1, -0.05) is 36.4 Å². The van der Waals surface area contributed by atoms with Crippen LogP contribution in [-0.2, 0) is 9.53 Å². The summed E-state index contributed by atoms with van der Waals surface area (Å²) in [5.74, 6) is -0.968. The molecule has 0 unspecified atom stereocenters. The average Bonchev–Trinajstić information content (AvgIpc) is 2.85. The molecule has 0 radical (unpaired) electrons. The van der Waals surface area contributed by atoms with Crippen LogP contribution in [-0.4, -0.2) is 18.5 Å². The quantitative estimate of drug-likeness (QED) is 0.462. The van der Waals surface area contributed by atoms with Crippen molar-refractivity contribution in [2.75, 3.05) is 11.9 Å². The van der Waals surface area contributed by atoms with Gasteiger partial charge < -0.3 is 14.5 Å². The molecule has 0 saturated heterocycles. The highest BCUT2D eigenvalue weighted by Gasteiger charge is 2.20. The maximum atomic E-state index is 12.9. The smallest absolute Gasteiger partial charge is 0.342 e. The van der Waals surface area contributed by atoms with E-state index in [1.54, 1.807) is 43.3 Å². The van der Waals surface area contributed by atoms with Gasteiger partial charge in [-0.3, -0.25) is 9.59 Å². The monoisotopic (exact) mass is 438 g/mol. The van der Waals surface area contributed by atoms with Crippen LogP contribution in [0.1, 0.15) is 21.5 Å². The molecule has 0 aliphatic rings. The minimum atomic E-state index is -0.790. The number of rotatable bonds is 5. The van der Waals surface area contributed by atoms with Gasteiger partial charge in [0.15, 0.2) is 17.6 Å². The predicted molar refractivity (Wildman–Crippen MR) is 123 cm³/mol. The summed E-state index contributed by atoms with van der Waals surface area (Å²) in [5, 5.41) is 11.7. The molecule has 1 heterocycles. The molecule has 1 amide bonds. The molecule has 4 aromatic rings. The molecular weight excluding hydrogens is 420 g/mol. The number of ether oxygens (including phenoxy) is 1. The highest BCUT2D eigenvalue weighted by Crippen LogP contribution is 2.27. The number of anilines is 1. The fraction of sp³-hybridized carbons (Fsp3) is 0.0769. The summed E-state index contributed by atoms with van der Waals surface area (Å²) in [7, 11) is 0. The molecule has 33 heavy (non-hydrogen) atoms. The van der Waals surface area contributed by atoms with E-state index >= 15 is 0 Å². The zero-order chi connectivity index (χ0) is 23.4. The third-order valence-electron chi connectivity index (χ3n) is 5.03. The second-order valence-electron chi connectivity index (χ2n) is 7.25. The topological polar surface area (TPSA) is 109 Å². The van der Waals surface area contributed by atoms with Gasteiger partial charge in [-0.25, -0.2) is 4.79 Å². The number of nitrogens with zero attached hydrogens (tertiary/aromatic N) is 1. The van der Waals surface area contributed by atoms with Crippen molar-refractivity contribution in [1.82, 2.24) is 0 Å². The van der Waals surface area contributed by atoms with Gasteiger partial charge in [-0.05, 0) is 43.3 Å². The summed E-state index contributed by atoms with van der Waals surface area (Å²) in [6.45, 7) is 1.14. The van der Waals surface area contributed by atoms with Crippen LogP contribution in [0, 0.1) is 18.3 Å². The van der Waals surface area contributed by atoms with Crippen molar-refractivity contribution < 1.29 is 18.7 Å². The second kappa shape index (κ2) is 9.20. The lowest BCUT2D eigenvalue weighted by atomic mass is 10.0. The lowest BCUT2D eigenvalue weighted by Crippen LogP contribution is -2.21. The fourth-order valence-electron chi connectivity index (χ4n) is 3.37. The van der Waals surface area contributed by atoms with Crippen LogP contribution in [0.25, 0.3) is 22.3 Å². The summed E-state index contributed by atoms with van der Waals surface area (Å²) < 4.78 is 11.2. The SMILES string of the molecule is Cc1c(-c2ccccc2)oc2c(C(=O)OCC(=O)Nc3ccc(C#N)cc3)cccc2c1=O. The van der Waals surface area contributed by atoms with E-state index in [-0.39, 0.29) is 22.0 Å². The number of fused-ring (bicyclic) bond motifs is 1. The Morgan fingerprint density at radius 1 is 1.00 bits per heavy atom. The number of para-hydroxylation sites is 1. The van der Waals surface area contributed by atoms with Crippen molar-refractivity contribution in [2.45, 2.75) is 6.92 Å². The molecule has 7 heteroatoms. The lowest BCUT2D eigenvalue weighted by molar-refractivity contribution is -0.119. The number of nitriles is 1. The largest absolute Gasteiger partial charge is 0.455 e. The van der Waals surface area contributed by atoms with E-state index in [1.807, 2.05) is 36.4 Å². The summed E-state index contributed by atoms with van der Waals surface area (Å²) in [6.07, 6.45) is 0. The molecule has 0 fully saturated rings. The third kappa shape index (κ3) is 4.50. The van der Waals surface area contributed by atoms with Crippen molar-refractivity contribution in [1.29, 1.82) is 5.26 Å². The van der Waals surface area contributed by atoms with Gasteiger partial charge in [-0.15, -0.1) is 0 Å². The molecular formula is C26H18N2O5. The first-order valence-corrected chi connectivity index (χ1v) is 10.1. The van der Waals surface area contributed by atoms with Gasteiger partial charge in [0.05, 0.1) is 17.0 Å². The lowest BCUT2D eigenvalue weighted by Gasteiger charge is -2.10. The number of esters is 1. The molecule has 3 aromatic carbocycles. The predicted octanol–water partition coefficient (Wildman–Crippen LogP) is 4.44. The molecule has 0 atom stereocenters.